The third kappa shape index (κ3) is 4.88. The minimum atomic E-state index is -0.493. The second-order valence-corrected chi connectivity index (χ2v) is 5.69. The Morgan fingerprint density at radius 3 is 2.32 bits per heavy atom. The Morgan fingerprint density at radius 1 is 0.964 bits per heavy atom. The number of ether oxygens (including phenoxy) is 1. The van der Waals surface area contributed by atoms with Crippen LogP contribution in [-0.4, -0.2) is 28.7 Å². The van der Waals surface area contributed by atoms with E-state index in [2.05, 4.69) is 20.8 Å². The highest BCUT2D eigenvalue weighted by atomic mass is 19.1. The number of hydrogen-bond donors (Lipinski definition) is 2. The Morgan fingerprint density at radius 2 is 1.68 bits per heavy atom. The second-order valence-electron chi connectivity index (χ2n) is 5.69. The van der Waals surface area contributed by atoms with E-state index in [9.17, 15) is 14.0 Å². The Labute approximate surface area is 160 Å². The van der Waals surface area contributed by atoms with Gasteiger partial charge in [0.25, 0.3) is 5.91 Å². The molecule has 0 bridgehead atoms. The predicted molar refractivity (Wildman–Crippen MR) is 102 cm³/mol. The highest BCUT2D eigenvalue weighted by Crippen LogP contribution is 2.16. The number of halogens is 1. The summed E-state index contributed by atoms with van der Waals surface area (Å²) < 4.78 is 18.1. The topological polar surface area (TPSA) is 93.2 Å². The third-order valence-corrected chi connectivity index (χ3v) is 3.66. The summed E-state index contributed by atoms with van der Waals surface area (Å²) in [6.45, 7) is 2.06. The number of rotatable bonds is 6. The first-order valence-electron chi connectivity index (χ1n) is 8.50. The fraction of sp³-hybridized carbons (Fsp3) is 0.100. The zero-order chi connectivity index (χ0) is 19.9. The van der Waals surface area contributed by atoms with Gasteiger partial charge in [0.05, 0.1) is 12.2 Å². The average molecular weight is 380 g/mol. The SMILES string of the molecule is CCOC(=O)c1ccc(Nc2ccc(NC(=O)c3cccc(F)c3)nn2)cc1. The minimum absolute atomic E-state index is 0.186. The van der Waals surface area contributed by atoms with Gasteiger partial charge < -0.3 is 15.4 Å². The van der Waals surface area contributed by atoms with Crippen molar-refractivity contribution in [3.63, 3.8) is 0 Å². The standard InChI is InChI=1S/C20H17FN4O3/c1-2-28-20(27)13-6-8-16(9-7-13)22-17-10-11-18(25-24-17)23-19(26)14-4-3-5-15(21)12-14/h3-12H,2H2,1H3,(H,22,24)(H,23,25,26). The molecule has 2 aromatic carbocycles. The lowest BCUT2D eigenvalue weighted by molar-refractivity contribution is 0.0526. The number of nitrogens with one attached hydrogen (secondary N) is 2. The maximum Gasteiger partial charge on any atom is 0.338 e. The molecule has 0 saturated carbocycles. The summed E-state index contributed by atoms with van der Waals surface area (Å²) in [5, 5.41) is 13.5. The van der Waals surface area contributed by atoms with Crippen molar-refractivity contribution >= 4 is 29.2 Å². The molecule has 0 aliphatic heterocycles. The lowest BCUT2D eigenvalue weighted by atomic mass is 10.2. The van der Waals surface area contributed by atoms with Crippen LogP contribution in [0, 0.1) is 5.82 Å². The highest BCUT2D eigenvalue weighted by molar-refractivity contribution is 6.03. The van der Waals surface area contributed by atoms with Crippen LogP contribution in [0.1, 0.15) is 27.6 Å². The van der Waals surface area contributed by atoms with Gasteiger partial charge in [-0.3, -0.25) is 4.79 Å². The van der Waals surface area contributed by atoms with E-state index in [-0.39, 0.29) is 17.4 Å². The van der Waals surface area contributed by atoms with Crippen molar-refractivity contribution < 1.29 is 18.7 Å². The molecular weight excluding hydrogens is 363 g/mol. The van der Waals surface area contributed by atoms with Crippen molar-refractivity contribution in [2.24, 2.45) is 0 Å². The number of nitrogens with zero attached hydrogens (tertiary/aromatic N) is 2. The van der Waals surface area contributed by atoms with Gasteiger partial charge in [0.1, 0.15) is 5.82 Å². The smallest absolute Gasteiger partial charge is 0.338 e. The fourth-order valence-electron chi connectivity index (χ4n) is 2.34. The molecule has 3 rings (SSSR count). The first-order valence-corrected chi connectivity index (χ1v) is 8.50. The lowest BCUT2D eigenvalue weighted by Crippen LogP contribution is -2.13. The summed E-state index contributed by atoms with van der Waals surface area (Å²) in [4.78, 5) is 23.7. The Bertz CT molecular complexity index is 976. The molecule has 8 heteroatoms. The molecule has 7 nitrogen and oxygen atoms in total. The Kier molecular flexibility index (Phi) is 5.91. The minimum Gasteiger partial charge on any atom is -0.462 e. The molecule has 1 amide bonds. The van der Waals surface area contributed by atoms with Crippen LogP contribution in [0.15, 0.2) is 60.7 Å². The molecular formula is C20H17FN4O3. The molecule has 2 N–H and O–H groups in total. The zero-order valence-electron chi connectivity index (χ0n) is 15.0. The number of benzene rings is 2. The van der Waals surface area contributed by atoms with Crippen molar-refractivity contribution in [1.29, 1.82) is 0 Å². The van der Waals surface area contributed by atoms with Gasteiger partial charge in [0, 0.05) is 11.3 Å². The van der Waals surface area contributed by atoms with E-state index in [4.69, 9.17) is 4.74 Å². The number of carbonyl (C=O) groups is 2. The monoisotopic (exact) mass is 380 g/mol. The van der Waals surface area contributed by atoms with Gasteiger partial charge >= 0.3 is 5.97 Å². The number of anilines is 3. The van der Waals surface area contributed by atoms with E-state index in [1.807, 2.05) is 0 Å². The molecule has 0 radical (unpaired) electrons. The van der Waals surface area contributed by atoms with Crippen LogP contribution < -0.4 is 10.6 Å². The molecule has 3 aromatic rings. The molecule has 0 saturated heterocycles. The number of carbonyl (C=O) groups excluding carboxylic acids is 2. The van der Waals surface area contributed by atoms with Crippen LogP contribution in [0.3, 0.4) is 0 Å². The fourth-order valence-corrected chi connectivity index (χ4v) is 2.34. The predicted octanol–water partition coefficient (Wildman–Crippen LogP) is 3.79. The molecule has 28 heavy (non-hydrogen) atoms. The average Bonchev–Trinajstić information content (AvgIpc) is 2.70. The van der Waals surface area contributed by atoms with E-state index in [1.165, 1.54) is 18.2 Å². The summed E-state index contributed by atoms with van der Waals surface area (Å²) in [5.41, 5.74) is 1.35. The van der Waals surface area contributed by atoms with Crippen LogP contribution in [0.5, 0.6) is 0 Å². The van der Waals surface area contributed by atoms with E-state index >= 15 is 0 Å². The highest BCUT2D eigenvalue weighted by Gasteiger charge is 2.09. The van der Waals surface area contributed by atoms with Crippen LogP contribution in [0.25, 0.3) is 0 Å². The van der Waals surface area contributed by atoms with Crippen LogP contribution in [-0.2, 0) is 4.74 Å². The van der Waals surface area contributed by atoms with Gasteiger partial charge in [-0.1, -0.05) is 6.07 Å². The third-order valence-electron chi connectivity index (χ3n) is 3.66. The van der Waals surface area contributed by atoms with E-state index in [0.717, 1.165) is 6.07 Å². The van der Waals surface area contributed by atoms with Crippen molar-refractivity contribution in [3.05, 3.63) is 77.6 Å². The molecule has 1 heterocycles. The van der Waals surface area contributed by atoms with Gasteiger partial charge in [-0.05, 0) is 61.5 Å². The van der Waals surface area contributed by atoms with Gasteiger partial charge in [-0.2, -0.15) is 0 Å². The summed E-state index contributed by atoms with van der Waals surface area (Å²) in [5.74, 6) is -0.673. The second kappa shape index (κ2) is 8.72. The van der Waals surface area contributed by atoms with Gasteiger partial charge in [-0.25, -0.2) is 9.18 Å². The maximum atomic E-state index is 13.2. The maximum absolute atomic E-state index is 13.2. The quantitative estimate of drug-likeness (QED) is 0.632. The van der Waals surface area contributed by atoms with E-state index in [0.29, 0.717) is 23.7 Å². The molecule has 0 unspecified atom stereocenters. The van der Waals surface area contributed by atoms with Crippen molar-refractivity contribution in [1.82, 2.24) is 10.2 Å². The molecule has 0 aliphatic carbocycles. The molecule has 142 valence electrons. The van der Waals surface area contributed by atoms with Gasteiger partial charge in [0.15, 0.2) is 11.6 Å². The Hall–Kier alpha value is -3.81. The van der Waals surface area contributed by atoms with Crippen LogP contribution in [0.4, 0.5) is 21.7 Å². The lowest BCUT2D eigenvalue weighted by Gasteiger charge is -2.08. The van der Waals surface area contributed by atoms with Crippen molar-refractivity contribution in [3.8, 4) is 0 Å². The molecule has 0 aliphatic rings. The summed E-state index contributed by atoms with van der Waals surface area (Å²) >= 11 is 0. The van der Waals surface area contributed by atoms with Crippen molar-refractivity contribution in [2.45, 2.75) is 6.92 Å². The molecule has 0 atom stereocenters. The van der Waals surface area contributed by atoms with Crippen molar-refractivity contribution in [2.75, 3.05) is 17.2 Å². The van der Waals surface area contributed by atoms with E-state index < -0.39 is 11.7 Å². The van der Waals surface area contributed by atoms with Crippen LogP contribution >= 0.6 is 0 Å². The summed E-state index contributed by atoms with van der Waals surface area (Å²) in [6.07, 6.45) is 0. The first-order chi connectivity index (χ1) is 13.5. The number of hydrogen-bond acceptors (Lipinski definition) is 6. The molecule has 0 spiro atoms. The summed E-state index contributed by atoms with van der Waals surface area (Å²) in [7, 11) is 0. The number of amides is 1. The summed E-state index contributed by atoms with van der Waals surface area (Å²) in [6, 6.07) is 15.3. The van der Waals surface area contributed by atoms with Gasteiger partial charge in [-0.15, -0.1) is 10.2 Å². The number of esters is 1. The Balaban J connectivity index is 1.61. The number of aromatic nitrogens is 2. The van der Waals surface area contributed by atoms with Gasteiger partial charge in [0.2, 0.25) is 0 Å². The first kappa shape index (κ1) is 19.0. The zero-order valence-corrected chi connectivity index (χ0v) is 15.0. The normalized spacial score (nSPS) is 10.2. The van der Waals surface area contributed by atoms with E-state index in [1.54, 1.807) is 43.3 Å². The molecule has 1 aromatic heterocycles. The largest absolute Gasteiger partial charge is 0.462 e. The van der Waals surface area contributed by atoms with Crippen LogP contribution in [0.2, 0.25) is 0 Å². The molecule has 0 fully saturated rings.